The Kier molecular flexibility index (Phi) is 5.50. The van der Waals surface area contributed by atoms with Crippen LogP contribution in [0.5, 0.6) is 11.5 Å². The predicted molar refractivity (Wildman–Crippen MR) is 83.0 cm³/mol. The zero-order valence-electron chi connectivity index (χ0n) is 12.8. The predicted octanol–water partition coefficient (Wildman–Crippen LogP) is 3.89. The minimum atomic E-state index is 0.442. The normalized spacial score (nSPS) is 10.9. The number of nitrogens with zero attached hydrogens (tertiary/aromatic N) is 2. The lowest BCUT2D eigenvalue weighted by molar-refractivity contribution is 0.401. The average molecular weight is 308 g/mol. The van der Waals surface area contributed by atoms with Gasteiger partial charge in [-0.05, 0) is 30.5 Å². The number of hydrogen-bond acceptors (Lipinski definition) is 6. The molecule has 0 fully saturated rings. The molecule has 21 heavy (non-hydrogen) atoms. The van der Waals surface area contributed by atoms with Crippen LogP contribution in [-0.2, 0) is 0 Å². The van der Waals surface area contributed by atoms with Crippen LogP contribution in [0, 0.1) is 5.92 Å². The molecule has 2 rings (SSSR count). The molecule has 0 saturated heterocycles. The molecule has 0 aliphatic carbocycles. The molecule has 0 radical (unpaired) electrons. The van der Waals surface area contributed by atoms with E-state index in [2.05, 4.69) is 24.0 Å². The Bertz CT molecular complexity index is 584. The van der Waals surface area contributed by atoms with E-state index in [1.165, 1.54) is 0 Å². The molecule has 0 aliphatic rings. The molecule has 5 nitrogen and oxygen atoms in total. The first-order valence-corrected chi connectivity index (χ1v) is 7.81. The van der Waals surface area contributed by atoms with E-state index in [9.17, 15) is 0 Å². The Labute approximate surface area is 129 Å². The summed E-state index contributed by atoms with van der Waals surface area (Å²) in [4.78, 5) is 0. The van der Waals surface area contributed by atoms with E-state index in [0.717, 1.165) is 23.5 Å². The lowest BCUT2D eigenvalue weighted by Gasteiger charge is -2.07. The maximum Gasteiger partial charge on any atom is 0.276 e. The van der Waals surface area contributed by atoms with E-state index in [0.29, 0.717) is 22.8 Å². The van der Waals surface area contributed by atoms with Gasteiger partial charge in [0.2, 0.25) is 0 Å². The number of ether oxygens (including phenoxy) is 2. The molecule has 6 heteroatoms. The number of benzene rings is 1. The van der Waals surface area contributed by atoms with Crippen molar-refractivity contribution in [2.45, 2.75) is 25.5 Å². The van der Waals surface area contributed by atoms with E-state index in [-0.39, 0.29) is 0 Å². The van der Waals surface area contributed by atoms with Gasteiger partial charge in [-0.2, -0.15) is 0 Å². The fourth-order valence-corrected chi connectivity index (χ4v) is 2.74. The van der Waals surface area contributed by atoms with Gasteiger partial charge < -0.3 is 13.9 Å². The number of aromatic nitrogens is 2. The van der Waals surface area contributed by atoms with Crippen LogP contribution in [0.4, 0.5) is 0 Å². The van der Waals surface area contributed by atoms with Crippen LogP contribution in [0.3, 0.4) is 0 Å². The zero-order valence-corrected chi connectivity index (χ0v) is 13.6. The Morgan fingerprint density at radius 3 is 2.67 bits per heavy atom. The second kappa shape index (κ2) is 7.36. The topological polar surface area (TPSA) is 57.4 Å². The van der Waals surface area contributed by atoms with Gasteiger partial charge in [0, 0.05) is 5.75 Å². The minimum Gasteiger partial charge on any atom is -0.497 e. The van der Waals surface area contributed by atoms with E-state index in [1.807, 2.05) is 18.2 Å². The van der Waals surface area contributed by atoms with Gasteiger partial charge in [-0.25, -0.2) is 0 Å². The van der Waals surface area contributed by atoms with Crippen LogP contribution in [0.15, 0.2) is 27.8 Å². The highest BCUT2D eigenvalue weighted by atomic mass is 32.2. The maximum atomic E-state index is 5.70. The molecule has 1 aromatic heterocycles. The van der Waals surface area contributed by atoms with Gasteiger partial charge in [0.15, 0.2) is 0 Å². The Balaban J connectivity index is 2.16. The summed E-state index contributed by atoms with van der Waals surface area (Å²) in [6.07, 6.45) is 1.12. The third-order valence-corrected chi connectivity index (χ3v) is 3.82. The smallest absolute Gasteiger partial charge is 0.276 e. The molecule has 0 amide bonds. The molecule has 1 heterocycles. The van der Waals surface area contributed by atoms with Gasteiger partial charge in [-0.3, -0.25) is 0 Å². The van der Waals surface area contributed by atoms with Crippen molar-refractivity contribution in [1.82, 2.24) is 10.2 Å². The van der Waals surface area contributed by atoms with Gasteiger partial charge in [0.25, 0.3) is 11.1 Å². The molecule has 0 atom stereocenters. The van der Waals surface area contributed by atoms with Crippen LogP contribution in [0.2, 0.25) is 0 Å². The van der Waals surface area contributed by atoms with Crippen molar-refractivity contribution in [2.75, 3.05) is 20.0 Å². The van der Waals surface area contributed by atoms with E-state index in [1.54, 1.807) is 26.0 Å². The molecular formula is C15H20N2O3S. The summed E-state index contributed by atoms with van der Waals surface area (Å²) in [6.45, 7) is 4.39. The van der Waals surface area contributed by atoms with E-state index < -0.39 is 0 Å². The van der Waals surface area contributed by atoms with Gasteiger partial charge >= 0.3 is 0 Å². The number of thioether (sulfide) groups is 1. The van der Waals surface area contributed by atoms with Crippen molar-refractivity contribution in [3.05, 3.63) is 18.2 Å². The fourth-order valence-electron chi connectivity index (χ4n) is 1.74. The standard InChI is InChI=1S/C15H20N2O3S/c1-10(2)7-8-21-15-17-16-14(20-15)12-9-11(18-3)5-6-13(12)19-4/h5-6,9-10H,7-8H2,1-4H3. The van der Waals surface area contributed by atoms with Crippen LogP contribution in [0.1, 0.15) is 20.3 Å². The first kappa shape index (κ1) is 15.7. The van der Waals surface area contributed by atoms with Crippen molar-refractivity contribution in [2.24, 2.45) is 5.92 Å². The molecule has 1 aromatic carbocycles. The van der Waals surface area contributed by atoms with Gasteiger partial charge in [-0.1, -0.05) is 25.6 Å². The van der Waals surface area contributed by atoms with Crippen molar-refractivity contribution < 1.29 is 13.9 Å². The average Bonchev–Trinajstić information content (AvgIpc) is 2.95. The summed E-state index contributed by atoms with van der Waals surface area (Å²) in [5.74, 6) is 3.47. The minimum absolute atomic E-state index is 0.442. The second-order valence-corrected chi connectivity index (χ2v) is 6.02. The second-order valence-electron chi connectivity index (χ2n) is 4.97. The van der Waals surface area contributed by atoms with E-state index in [4.69, 9.17) is 13.9 Å². The Morgan fingerprint density at radius 2 is 2.00 bits per heavy atom. The Hall–Kier alpha value is -1.69. The van der Waals surface area contributed by atoms with Gasteiger partial charge in [-0.15, -0.1) is 10.2 Å². The third-order valence-electron chi connectivity index (χ3n) is 2.96. The number of hydrogen-bond donors (Lipinski definition) is 0. The van der Waals surface area contributed by atoms with Crippen LogP contribution in [-0.4, -0.2) is 30.2 Å². The molecule has 0 aliphatic heterocycles. The van der Waals surface area contributed by atoms with Crippen LogP contribution >= 0.6 is 11.8 Å². The Morgan fingerprint density at radius 1 is 1.19 bits per heavy atom. The number of rotatable bonds is 7. The lowest BCUT2D eigenvalue weighted by Crippen LogP contribution is -1.90. The van der Waals surface area contributed by atoms with E-state index >= 15 is 0 Å². The molecule has 0 spiro atoms. The molecule has 0 unspecified atom stereocenters. The quantitative estimate of drug-likeness (QED) is 0.723. The monoisotopic (exact) mass is 308 g/mol. The molecule has 2 aromatic rings. The summed E-state index contributed by atoms with van der Waals surface area (Å²) >= 11 is 1.58. The third kappa shape index (κ3) is 4.14. The summed E-state index contributed by atoms with van der Waals surface area (Å²) in [6, 6.07) is 5.48. The van der Waals surface area contributed by atoms with Crippen LogP contribution < -0.4 is 9.47 Å². The summed E-state index contributed by atoms with van der Waals surface area (Å²) < 4.78 is 16.3. The molecule has 0 N–H and O–H groups in total. The molecule has 0 bridgehead atoms. The van der Waals surface area contributed by atoms with Gasteiger partial charge in [0.1, 0.15) is 11.5 Å². The fraction of sp³-hybridized carbons (Fsp3) is 0.467. The van der Waals surface area contributed by atoms with Crippen molar-refractivity contribution in [3.8, 4) is 23.0 Å². The van der Waals surface area contributed by atoms with Crippen molar-refractivity contribution >= 4 is 11.8 Å². The van der Waals surface area contributed by atoms with Crippen LogP contribution in [0.25, 0.3) is 11.5 Å². The summed E-state index contributed by atoms with van der Waals surface area (Å²) in [7, 11) is 3.23. The summed E-state index contributed by atoms with van der Waals surface area (Å²) in [5, 5.41) is 8.74. The van der Waals surface area contributed by atoms with Crippen molar-refractivity contribution in [3.63, 3.8) is 0 Å². The zero-order chi connectivity index (χ0) is 15.2. The highest BCUT2D eigenvalue weighted by Gasteiger charge is 2.15. The maximum absolute atomic E-state index is 5.70. The highest BCUT2D eigenvalue weighted by Crippen LogP contribution is 2.33. The lowest BCUT2D eigenvalue weighted by atomic mass is 10.2. The molecule has 114 valence electrons. The van der Waals surface area contributed by atoms with Crippen molar-refractivity contribution in [1.29, 1.82) is 0 Å². The van der Waals surface area contributed by atoms with Gasteiger partial charge in [0.05, 0.1) is 19.8 Å². The number of methoxy groups -OCH3 is 2. The largest absolute Gasteiger partial charge is 0.497 e. The SMILES string of the molecule is COc1ccc(OC)c(-c2nnc(SCCC(C)C)o2)c1. The molecular weight excluding hydrogens is 288 g/mol. The molecule has 0 saturated carbocycles. The first-order chi connectivity index (χ1) is 10.1. The summed E-state index contributed by atoms with van der Waals surface area (Å²) in [5.41, 5.74) is 0.736. The highest BCUT2D eigenvalue weighted by molar-refractivity contribution is 7.99. The first-order valence-electron chi connectivity index (χ1n) is 6.82.